The van der Waals surface area contributed by atoms with Crippen LogP contribution in [-0.2, 0) is 23.7 Å². The summed E-state index contributed by atoms with van der Waals surface area (Å²) in [4.78, 5) is 29.9. The molecule has 50 heavy (non-hydrogen) atoms. The first kappa shape index (κ1) is 34.0. The molecule has 12 atom stereocenters. The summed E-state index contributed by atoms with van der Waals surface area (Å²) in [5.41, 5.74) is -1.76. The first-order valence-corrected chi connectivity index (χ1v) is 18.2. The molecule has 1 saturated heterocycles. The second-order valence-corrected chi connectivity index (χ2v) is 15.7. The number of fused-ring (bicyclic) bond motifs is 2. The Morgan fingerprint density at radius 1 is 1.02 bits per heavy atom. The number of benzene rings is 2. The van der Waals surface area contributed by atoms with E-state index in [-0.39, 0.29) is 53.4 Å². The molecule has 2 aromatic carbocycles. The van der Waals surface area contributed by atoms with Crippen LogP contribution in [0.5, 0.6) is 0 Å². The zero-order valence-electron chi connectivity index (χ0n) is 29.6. The number of hydrogen-bond donors (Lipinski definition) is 3. The number of anilines is 1. The molecule has 8 rings (SSSR count). The molecule has 1 unspecified atom stereocenters. The molecular formula is C40H50N2O8. The van der Waals surface area contributed by atoms with E-state index in [9.17, 15) is 19.8 Å². The maximum Gasteiger partial charge on any atom is 0.340 e. The van der Waals surface area contributed by atoms with Gasteiger partial charge in [-0.25, -0.2) is 4.79 Å². The van der Waals surface area contributed by atoms with Gasteiger partial charge in [0.15, 0.2) is 0 Å². The predicted octanol–water partition coefficient (Wildman–Crippen LogP) is 4.22. The van der Waals surface area contributed by atoms with E-state index in [2.05, 4.69) is 17.1 Å². The van der Waals surface area contributed by atoms with E-state index in [1.165, 1.54) is 6.08 Å². The van der Waals surface area contributed by atoms with E-state index >= 15 is 0 Å². The lowest BCUT2D eigenvalue weighted by molar-refractivity contribution is -0.337. The van der Waals surface area contributed by atoms with E-state index < -0.39 is 34.3 Å². The standard InChI is InChI=1S/C40H50N2O8/c1-6-42-22-37(50-36(44)25-12-7-8-13-28(25)41-33(43)15-14-24-11-9-10-23(2)18-24)17-16-32(48-4)39-30(37)20-27(34(39)42)38(45)21-29(47-3)26-19-31(39)40(38,46)35(26)49-5/h7-15,18,26-27,29-32,34-35,45-46H,6,16-17,19-22H2,1-5H3,(H,41,43)/b15-14+/t26-,27-,29+,30-,31+,32+,34?,35+,37-,38+,39+,40+/m1/s1. The molecular weight excluding hydrogens is 636 g/mol. The molecule has 7 bridgehead atoms. The lowest BCUT2D eigenvalue weighted by Crippen LogP contribution is -2.83. The second-order valence-electron chi connectivity index (χ2n) is 15.7. The normalized spacial score (nSPS) is 42.5. The Kier molecular flexibility index (Phi) is 8.14. The van der Waals surface area contributed by atoms with Crippen LogP contribution < -0.4 is 5.32 Å². The largest absolute Gasteiger partial charge is 0.454 e. The number of para-hydroxylation sites is 1. The molecule has 1 spiro atoms. The third-order valence-electron chi connectivity index (χ3n) is 14.1. The fourth-order valence-electron chi connectivity index (χ4n) is 12.5. The van der Waals surface area contributed by atoms with Crippen molar-refractivity contribution >= 4 is 23.6 Å². The van der Waals surface area contributed by atoms with Crippen LogP contribution in [0.3, 0.4) is 0 Å². The maximum atomic E-state index is 14.4. The number of likely N-dealkylation sites (tertiary alicyclic amines) is 1. The van der Waals surface area contributed by atoms with Gasteiger partial charge in [0.25, 0.3) is 0 Å². The van der Waals surface area contributed by atoms with Gasteiger partial charge >= 0.3 is 5.97 Å². The SMILES string of the molecule is CCN1C[C@]2(OC(=O)c3ccccc3NC(=O)/C=C/c3cccc(C)c3)CC[C@H](OC)[C@]34C1[C@@H](C[C@H]23)[C@@]1(O)C[C@H](OC)[C@H]2C[C@@H]4[C@]1(O)[C@H]2OC. The minimum absolute atomic E-state index is 0.0662. The number of piperidine rings is 1. The topological polar surface area (TPSA) is 127 Å². The lowest BCUT2D eigenvalue weighted by Gasteiger charge is -2.70. The van der Waals surface area contributed by atoms with Gasteiger partial charge in [0.2, 0.25) is 5.91 Å². The van der Waals surface area contributed by atoms with E-state index in [4.69, 9.17) is 18.9 Å². The molecule has 5 aliphatic carbocycles. The van der Waals surface area contributed by atoms with Gasteiger partial charge in [0, 0.05) is 75.5 Å². The van der Waals surface area contributed by atoms with E-state index in [0.29, 0.717) is 50.9 Å². The van der Waals surface area contributed by atoms with Crippen LogP contribution in [0.25, 0.3) is 6.08 Å². The number of methoxy groups -OCH3 is 3. The van der Waals surface area contributed by atoms with E-state index in [1.807, 2.05) is 31.2 Å². The Hall–Kier alpha value is -3.12. The summed E-state index contributed by atoms with van der Waals surface area (Å²) in [6.07, 6.45) is 4.98. The average molecular weight is 687 g/mol. The number of aliphatic hydroxyl groups is 2. The average Bonchev–Trinajstić information content (AvgIpc) is 3.53. The van der Waals surface area contributed by atoms with Gasteiger partial charge in [-0.2, -0.15) is 0 Å². The molecule has 0 radical (unpaired) electrons. The van der Waals surface area contributed by atoms with Crippen LogP contribution >= 0.6 is 0 Å². The van der Waals surface area contributed by atoms with Crippen molar-refractivity contribution in [2.75, 3.05) is 39.7 Å². The van der Waals surface area contributed by atoms with Crippen LogP contribution in [0.4, 0.5) is 5.69 Å². The summed E-state index contributed by atoms with van der Waals surface area (Å²) in [6, 6.07) is 14.8. The molecule has 0 aromatic heterocycles. The molecule has 10 nitrogen and oxygen atoms in total. The van der Waals surface area contributed by atoms with Crippen LogP contribution in [0, 0.1) is 36.0 Å². The van der Waals surface area contributed by atoms with Gasteiger partial charge in [0.1, 0.15) is 16.8 Å². The minimum atomic E-state index is -1.50. The van der Waals surface area contributed by atoms with Crippen LogP contribution in [0.1, 0.15) is 60.5 Å². The molecule has 6 fully saturated rings. The summed E-state index contributed by atoms with van der Waals surface area (Å²) in [5, 5.41) is 28.8. The molecule has 6 aliphatic rings. The Labute approximate surface area is 294 Å². The number of ether oxygens (including phenoxy) is 4. The summed E-state index contributed by atoms with van der Waals surface area (Å²) >= 11 is 0. The first-order valence-electron chi connectivity index (χ1n) is 18.2. The highest BCUT2D eigenvalue weighted by molar-refractivity contribution is 6.06. The Bertz CT molecular complexity index is 1720. The number of rotatable bonds is 9. The predicted molar refractivity (Wildman–Crippen MR) is 186 cm³/mol. The number of nitrogens with zero attached hydrogens (tertiary/aromatic N) is 1. The Balaban J connectivity index is 1.16. The van der Waals surface area contributed by atoms with Crippen molar-refractivity contribution in [1.82, 2.24) is 4.90 Å². The molecule has 268 valence electrons. The first-order chi connectivity index (χ1) is 24.0. The number of hydrogen-bond acceptors (Lipinski definition) is 9. The van der Waals surface area contributed by atoms with Gasteiger partial charge in [-0.15, -0.1) is 0 Å². The van der Waals surface area contributed by atoms with Gasteiger partial charge in [-0.1, -0.05) is 48.9 Å². The van der Waals surface area contributed by atoms with Gasteiger partial charge < -0.3 is 34.5 Å². The Morgan fingerprint density at radius 2 is 1.82 bits per heavy atom. The van der Waals surface area contributed by atoms with Crippen LogP contribution in [-0.4, -0.2) is 103 Å². The second kappa shape index (κ2) is 12.0. The third-order valence-corrected chi connectivity index (χ3v) is 14.1. The molecule has 2 aromatic rings. The summed E-state index contributed by atoms with van der Waals surface area (Å²) < 4.78 is 25.3. The van der Waals surface area contributed by atoms with Crippen molar-refractivity contribution in [2.24, 2.45) is 29.1 Å². The van der Waals surface area contributed by atoms with Crippen molar-refractivity contribution in [3.05, 3.63) is 71.3 Å². The molecule has 1 amide bonds. The molecule has 3 N–H and O–H groups in total. The Morgan fingerprint density at radius 3 is 2.54 bits per heavy atom. The summed E-state index contributed by atoms with van der Waals surface area (Å²) in [5.74, 6) is -1.74. The zero-order chi connectivity index (χ0) is 35.2. The van der Waals surface area contributed by atoms with Crippen molar-refractivity contribution in [2.45, 2.75) is 87.1 Å². The van der Waals surface area contributed by atoms with Gasteiger partial charge in [-0.05, 0) is 62.9 Å². The van der Waals surface area contributed by atoms with Crippen molar-refractivity contribution < 1.29 is 38.7 Å². The van der Waals surface area contributed by atoms with Crippen LogP contribution in [0.15, 0.2) is 54.6 Å². The van der Waals surface area contributed by atoms with Crippen molar-refractivity contribution in [3.63, 3.8) is 0 Å². The van der Waals surface area contributed by atoms with Gasteiger partial charge in [0.05, 0.1) is 29.6 Å². The number of carbonyl (C=O) groups is 2. The molecule has 5 saturated carbocycles. The fourth-order valence-corrected chi connectivity index (χ4v) is 12.5. The highest BCUT2D eigenvalue weighted by Gasteiger charge is 2.89. The quantitative estimate of drug-likeness (QED) is 0.263. The zero-order valence-corrected chi connectivity index (χ0v) is 29.6. The number of likely N-dealkylation sites (N-methyl/N-ethyl adjacent to an activating group) is 1. The smallest absolute Gasteiger partial charge is 0.340 e. The number of nitrogens with one attached hydrogen (secondary N) is 1. The number of amides is 1. The van der Waals surface area contributed by atoms with E-state index in [1.54, 1.807) is 51.7 Å². The minimum Gasteiger partial charge on any atom is -0.454 e. The van der Waals surface area contributed by atoms with Gasteiger partial charge in [-0.3, -0.25) is 9.69 Å². The number of carbonyl (C=O) groups excluding carboxylic acids is 2. The van der Waals surface area contributed by atoms with Crippen molar-refractivity contribution in [3.8, 4) is 0 Å². The molecule has 10 heteroatoms. The van der Waals surface area contributed by atoms with E-state index in [0.717, 1.165) is 11.1 Å². The van der Waals surface area contributed by atoms with Crippen LogP contribution in [0.2, 0.25) is 0 Å². The highest BCUT2D eigenvalue weighted by atomic mass is 16.6. The number of aryl methyl sites for hydroxylation is 1. The molecule has 1 aliphatic heterocycles. The number of esters is 1. The fraction of sp³-hybridized carbons (Fsp3) is 0.600. The lowest BCUT2D eigenvalue weighted by atomic mass is 9.44. The van der Waals surface area contributed by atoms with Crippen molar-refractivity contribution in [1.29, 1.82) is 0 Å². The monoisotopic (exact) mass is 686 g/mol. The third kappa shape index (κ3) is 4.35. The highest BCUT2D eigenvalue weighted by Crippen LogP contribution is 2.79. The summed E-state index contributed by atoms with van der Waals surface area (Å²) in [6.45, 7) is 5.34. The molecule has 1 heterocycles. The maximum absolute atomic E-state index is 14.4. The summed E-state index contributed by atoms with van der Waals surface area (Å²) in [7, 11) is 5.06.